The summed E-state index contributed by atoms with van der Waals surface area (Å²) >= 11 is 0. The van der Waals surface area contributed by atoms with Gasteiger partial charge in [0, 0.05) is 26.2 Å². The first kappa shape index (κ1) is 18.4. The van der Waals surface area contributed by atoms with Crippen LogP contribution in [0.5, 0.6) is 0 Å². The molecular weight excluding hydrogens is 334 g/mol. The van der Waals surface area contributed by atoms with E-state index in [-0.39, 0.29) is 23.0 Å². The van der Waals surface area contributed by atoms with Crippen molar-refractivity contribution in [3.63, 3.8) is 0 Å². The number of fused-ring (bicyclic) bond motifs is 1. The third kappa shape index (κ3) is 3.87. The maximum Gasteiger partial charge on any atom is 0.263 e. The predicted octanol–water partition coefficient (Wildman–Crippen LogP) is 0.497. The Bertz CT molecular complexity index is 841. The Balaban J connectivity index is 1.72. The number of aromatic amines is 1. The van der Waals surface area contributed by atoms with Gasteiger partial charge >= 0.3 is 0 Å². The molecule has 0 radical (unpaired) electrons. The highest BCUT2D eigenvalue weighted by Gasteiger charge is 2.23. The van der Waals surface area contributed by atoms with Gasteiger partial charge < -0.3 is 10.6 Å². The minimum Gasteiger partial charge on any atom is -0.358 e. The first-order chi connectivity index (χ1) is 12.3. The van der Waals surface area contributed by atoms with Crippen molar-refractivity contribution in [2.75, 3.05) is 32.0 Å². The Morgan fingerprint density at radius 2 is 2.04 bits per heavy atom. The quantitative estimate of drug-likeness (QED) is 0.732. The number of carbonyl (C=O) groups excluding carboxylic acids is 1. The second kappa shape index (κ2) is 7.06. The number of nitrogens with zero attached hydrogens (tertiary/aromatic N) is 4. The molecule has 1 aliphatic heterocycles. The maximum atomic E-state index is 12.3. The number of amides is 1. The van der Waals surface area contributed by atoms with Gasteiger partial charge in [-0.1, -0.05) is 0 Å². The molecule has 9 nitrogen and oxygen atoms in total. The van der Waals surface area contributed by atoms with Crippen LogP contribution in [0.3, 0.4) is 0 Å². The van der Waals surface area contributed by atoms with Crippen LogP contribution in [0.25, 0.3) is 11.0 Å². The van der Waals surface area contributed by atoms with E-state index in [2.05, 4.69) is 30.6 Å². The largest absolute Gasteiger partial charge is 0.358 e. The molecule has 1 fully saturated rings. The van der Waals surface area contributed by atoms with Gasteiger partial charge in [0.2, 0.25) is 11.9 Å². The van der Waals surface area contributed by atoms with Crippen LogP contribution in [0.15, 0.2) is 11.0 Å². The molecule has 0 saturated carbocycles. The average molecular weight is 361 g/mol. The molecule has 0 unspecified atom stereocenters. The van der Waals surface area contributed by atoms with Crippen molar-refractivity contribution in [3.8, 4) is 0 Å². The zero-order valence-electron chi connectivity index (χ0n) is 15.8. The summed E-state index contributed by atoms with van der Waals surface area (Å²) in [4.78, 5) is 33.4. The molecule has 26 heavy (non-hydrogen) atoms. The fourth-order valence-electron chi connectivity index (χ4n) is 3.19. The number of carbonyl (C=O) groups is 1. The van der Waals surface area contributed by atoms with Gasteiger partial charge in [0.15, 0.2) is 5.65 Å². The van der Waals surface area contributed by atoms with Crippen molar-refractivity contribution < 1.29 is 4.79 Å². The number of likely N-dealkylation sites (N-methyl/N-ethyl adjacent to an activating group) is 1. The van der Waals surface area contributed by atoms with Crippen molar-refractivity contribution in [1.82, 2.24) is 30.0 Å². The highest BCUT2D eigenvalue weighted by molar-refractivity contribution is 5.77. The Labute approximate surface area is 152 Å². The first-order valence-corrected chi connectivity index (χ1v) is 8.96. The minimum atomic E-state index is -0.259. The second-order valence-corrected chi connectivity index (χ2v) is 7.75. The summed E-state index contributed by atoms with van der Waals surface area (Å²) in [6.07, 6.45) is 3.34. The van der Waals surface area contributed by atoms with Crippen LogP contribution in [-0.4, -0.2) is 63.3 Å². The van der Waals surface area contributed by atoms with E-state index in [0.29, 0.717) is 23.5 Å². The monoisotopic (exact) mass is 361 g/mol. The van der Waals surface area contributed by atoms with Crippen LogP contribution in [0.4, 0.5) is 5.95 Å². The number of anilines is 1. The standard InChI is InChI=1S/C17H27N7O2/c1-17(2,3)24-14-12(9-19-24)15(26)22-16(21-14)20-11-5-7-23(8-6-11)10-13(25)18-4/h9,11H,5-8,10H2,1-4H3,(H,18,25)(H2,20,21,22,26). The van der Waals surface area contributed by atoms with Crippen molar-refractivity contribution in [1.29, 1.82) is 0 Å². The minimum absolute atomic E-state index is 0.0308. The average Bonchev–Trinajstić information content (AvgIpc) is 3.01. The molecule has 0 aromatic carbocycles. The van der Waals surface area contributed by atoms with Crippen LogP contribution in [-0.2, 0) is 10.3 Å². The van der Waals surface area contributed by atoms with Gasteiger partial charge in [0.25, 0.3) is 5.56 Å². The summed E-state index contributed by atoms with van der Waals surface area (Å²) < 4.78 is 1.77. The van der Waals surface area contributed by atoms with Crippen LogP contribution in [0, 0.1) is 0 Å². The molecular formula is C17H27N7O2. The molecule has 2 aromatic heterocycles. The van der Waals surface area contributed by atoms with E-state index in [1.807, 2.05) is 20.8 Å². The van der Waals surface area contributed by atoms with Crippen molar-refractivity contribution in [2.45, 2.75) is 45.2 Å². The van der Waals surface area contributed by atoms with E-state index in [9.17, 15) is 9.59 Å². The summed E-state index contributed by atoms with van der Waals surface area (Å²) in [6.45, 7) is 8.16. The topological polar surface area (TPSA) is 108 Å². The second-order valence-electron chi connectivity index (χ2n) is 7.75. The third-order valence-electron chi connectivity index (χ3n) is 4.65. The number of piperidine rings is 1. The highest BCUT2D eigenvalue weighted by atomic mass is 16.2. The Hall–Kier alpha value is -2.42. The molecule has 0 aliphatic carbocycles. The molecule has 0 bridgehead atoms. The van der Waals surface area contributed by atoms with Gasteiger partial charge in [-0.3, -0.25) is 19.5 Å². The zero-order chi connectivity index (χ0) is 18.9. The van der Waals surface area contributed by atoms with E-state index in [1.165, 1.54) is 0 Å². The molecule has 3 rings (SSSR count). The molecule has 142 valence electrons. The lowest BCUT2D eigenvalue weighted by Gasteiger charge is -2.31. The summed E-state index contributed by atoms with van der Waals surface area (Å²) in [5, 5.41) is 10.8. The molecule has 3 N–H and O–H groups in total. The number of nitrogens with one attached hydrogen (secondary N) is 3. The number of rotatable bonds is 4. The fourth-order valence-corrected chi connectivity index (χ4v) is 3.19. The van der Waals surface area contributed by atoms with Crippen molar-refractivity contribution in [3.05, 3.63) is 16.6 Å². The summed E-state index contributed by atoms with van der Waals surface area (Å²) in [6, 6.07) is 0.211. The number of hydrogen-bond acceptors (Lipinski definition) is 6. The smallest absolute Gasteiger partial charge is 0.263 e. The van der Waals surface area contributed by atoms with E-state index in [1.54, 1.807) is 17.9 Å². The maximum absolute atomic E-state index is 12.3. The van der Waals surface area contributed by atoms with Gasteiger partial charge in [0.05, 0.1) is 18.3 Å². The molecule has 1 aliphatic rings. The molecule has 1 saturated heterocycles. The lowest BCUT2D eigenvalue weighted by atomic mass is 10.1. The van der Waals surface area contributed by atoms with E-state index >= 15 is 0 Å². The summed E-state index contributed by atoms with van der Waals surface area (Å²) in [5.74, 6) is 0.501. The number of aromatic nitrogens is 4. The van der Waals surface area contributed by atoms with E-state index in [0.717, 1.165) is 25.9 Å². The van der Waals surface area contributed by atoms with Crippen LogP contribution in [0.2, 0.25) is 0 Å². The molecule has 0 atom stereocenters. The van der Waals surface area contributed by atoms with Crippen LogP contribution >= 0.6 is 0 Å². The number of likely N-dealkylation sites (tertiary alicyclic amines) is 1. The normalized spacial score (nSPS) is 16.8. The highest BCUT2D eigenvalue weighted by Crippen LogP contribution is 2.20. The van der Waals surface area contributed by atoms with E-state index in [4.69, 9.17) is 0 Å². The number of hydrogen-bond donors (Lipinski definition) is 3. The molecule has 3 heterocycles. The van der Waals surface area contributed by atoms with Gasteiger partial charge in [-0.2, -0.15) is 10.1 Å². The predicted molar refractivity (Wildman–Crippen MR) is 100 cm³/mol. The molecule has 2 aromatic rings. The lowest BCUT2D eigenvalue weighted by Crippen LogP contribution is -2.43. The molecule has 0 spiro atoms. The molecule has 1 amide bonds. The van der Waals surface area contributed by atoms with E-state index < -0.39 is 0 Å². The summed E-state index contributed by atoms with van der Waals surface area (Å²) in [7, 11) is 1.65. The van der Waals surface area contributed by atoms with Gasteiger partial charge in [-0.25, -0.2) is 4.68 Å². The van der Waals surface area contributed by atoms with Crippen LogP contribution < -0.4 is 16.2 Å². The van der Waals surface area contributed by atoms with Crippen molar-refractivity contribution >= 4 is 22.9 Å². The van der Waals surface area contributed by atoms with Gasteiger partial charge in [0.1, 0.15) is 5.39 Å². The van der Waals surface area contributed by atoms with Gasteiger partial charge in [-0.05, 0) is 33.6 Å². The Kier molecular flexibility index (Phi) is 4.99. The number of H-pyrrole nitrogens is 1. The SMILES string of the molecule is CNC(=O)CN1CCC(Nc2nc3c(cnn3C(C)(C)C)c(=O)[nH]2)CC1. The molecule has 9 heteroatoms. The van der Waals surface area contributed by atoms with Gasteiger partial charge in [-0.15, -0.1) is 0 Å². The first-order valence-electron chi connectivity index (χ1n) is 8.96. The summed E-state index contributed by atoms with van der Waals surface area (Å²) in [5.41, 5.74) is 0.135. The lowest BCUT2D eigenvalue weighted by molar-refractivity contribution is -0.122. The Morgan fingerprint density at radius 3 is 2.65 bits per heavy atom. The Morgan fingerprint density at radius 1 is 1.35 bits per heavy atom. The fraction of sp³-hybridized carbons (Fsp3) is 0.647. The third-order valence-corrected chi connectivity index (χ3v) is 4.65. The van der Waals surface area contributed by atoms with Crippen molar-refractivity contribution in [2.24, 2.45) is 0 Å². The van der Waals surface area contributed by atoms with Crippen LogP contribution in [0.1, 0.15) is 33.6 Å². The zero-order valence-corrected chi connectivity index (χ0v) is 15.8.